The molecule has 30 heavy (non-hydrogen) atoms. The summed E-state index contributed by atoms with van der Waals surface area (Å²) in [5.74, 6) is -4.64. The molecule has 13 heteroatoms. The molecule has 0 unspecified atom stereocenters. The summed E-state index contributed by atoms with van der Waals surface area (Å²) in [4.78, 5) is 52.1. The maximum atomic E-state index is 12.3. The number of nitrogens with two attached hydrogens (primary N) is 2. The Morgan fingerprint density at radius 1 is 1.33 bits per heavy atom. The predicted molar refractivity (Wildman–Crippen MR) is 103 cm³/mol. The van der Waals surface area contributed by atoms with E-state index in [1.165, 1.54) is 18.4 Å². The van der Waals surface area contributed by atoms with Crippen LogP contribution in [0.2, 0.25) is 0 Å². The van der Waals surface area contributed by atoms with Crippen LogP contribution < -0.4 is 46.1 Å². The summed E-state index contributed by atoms with van der Waals surface area (Å²) < 4.78 is 0. The van der Waals surface area contributed by atoms with E-state index in [1.807, 2.05) is 0 Å². The van der Waals surface area contributed by atoms with Crippen LogP contribution in [0.1, 0.15) is 39.0 Å². The fourth-order valence-corrected chi connectivity index (χ4v) is 5.48. The van der Waals surface area contributed by atoms with Crippen LogP contribution in [0.25, 0.3) is 6.08 Å². The molecule has 0 spiro atoms. The number of aliphatic hydroxyl groups excluding tert-OH is 1. The van der Waals surface area contributed by atoms with Gasteiger partial charge in [-0.2, -0.15) is 0 Å². The molecule has 1 aromatic heterocycles. The van der Waals surface area contributed by atoms with Crippen molar-refractivity contribution >= 4 is 52.9 Å². The van der Waals surface area contributed by atoms with Gasteiger partial charge in [0.25, 0.3) is 11.8 Å². The van der Waals surface area contributed by atoms with Gasteiger partial charge in [0.15, 0.2) is 5.69 Å². The number of carbonyl (C=O) groups excluding carboxylic acids is 4. The number of amides is 3. The van der Waals surface area contributed by atoms with E-state index in [0.717, 1.165) is 28.0 Å². The number of thioether (sulfide) groups is 1. The number of aliphatic hydroxyl groups is 1. The molecule has 5 N–H and O–H groups in total. The number of carboxylic acid groups (broad SMARTS) is 1. The number of aromatic nitrogens is 1. The van der Waals surface area contributed by atoms with Crippen molar-refractivity contribution in [3.05, 3.63) is 31.6 Å². The molecule has 3 heterocycles. The molecular weight excluding hydrogens is 443 g/mol. The van der Waals surface area contributed by atoms with Gasteiger partial charge in [0.2, 0.25) is 5.91 Å². The molecule has 4 atom stereocenters. The Kier molecular flexibility index (Phi) is 7.54. The normalized spacial score (nSPS) is 23.8. The number of hydrogen-bond donors (Lipinski definition) is 3. The molecule has 2 aliphatic rings. The van der Waals surface area contributed by atoms with Crippen molar-refractivity contribution < 1.29 is 58.9 Å². The Bertz CT molecular complexity index is 957. The summed E-state index contributed by atoms with van der Waals surface area (Å²) in [6.45, 7) is 3.26. The van der Waals surface area contributed by atoms with Crippen molar-refractivity contribution in [2.24, 2.45) is 23.3 Å². The molecule has 2 aliphatic heterocycles. The number of aliphatic carboxylic acids is 1. The van der Waals surface area contributed by atoms with Gasteiger partial charge in [-0.05, 0) is 18.4 Å². The van der Waals surface area contributed by atoms with E-state index in [0.29, 0.717) is 4.91 Å². The third-order valence-corrected chi connectivity index (χ3v) is 6.93. The topological polar surface area (TPSA) is 180 Å². The van der Waals surface area contributed by atoms with Gasteiger partial charge in [-0.15, -0.1) is 11.3 Å². The van der Waals surface area contributed by atoms with E-state index >= 15 is 0 Å². The minimum absolute atomic E-state index is 0. The van der Waals surface area contributed by atoms with Crippen molar-refractivity contribution in [1.29, 1.82) is 0 Å². The number of primary amides is 2. The van der Waals surface area contributed by atoms with Crippen molar-refractivity contribution in [2.75, 3.05) is 0 Å². The molecule has 0 aromatic carbocycles. The van der Waals surface area contributed by atoms with Gasteiger partial charge < -0.3 is 31.4 Å². The number of nitrogens with zero attached hydrogens (tertiary/aromatic N) is 2. The fraction of sp³-hybridized carbons (Fsp3) is 0.353. The minimum Gasteiger partial charge on any atom is -0.543 e. The average molecular weight is 460 g/mol. The summed E-state index contributed by atoms with van der Waals surface area (Å²) in [5, 5.41) is 23.3. The van der Waals surface area contributed by atoms with Crippen molar-refractivity contribution in [3.8, 4) is 0 Å². The number of fused-ring (bicyclic) bond motifs is 1. The van der Waals surface area contributed by atoms with E-state index in [4.69, 9.17) is 11.5 Å². The number of carboxylic acids is 1. The molecule has 0 saturated carbocycles. The van der Waals surface area contributed by atoms with Gasteiger partial charge in [-0.3, -0.25) is 14.4 Å². The zero-order valence-corrected chi connectivity index (χ0v) is 20.0. The minimum atomic E-state index is -1.48. The van der Waals surface area contributed by atoms with Gasteiger partial charge in [-0.1, -0.05) is 18.7 Å². The molecular formula is C17H17N4NaO6S2. The molecule has 1 saturated heterocycles. The van der Waals surface area contributed by atoms with Gasteiger partial charge in [0, 0.05) is 10.8 Å². The van der Waals surface area contributed by atoms with Gasteiger partial charge in [0.1, 0.15) is 9.88 Å². The van der Waals surface area contributed by atoms with Crippen LogP contribution in [0, 0.1) is 11.8 Å². The summed E-state index contributed by atoms with van der Waals surface area (Å²) in [6.07, 6.45) is 0.577. The molecule has 1 aromatic rings. The smallest absolute Gasteiger partial charge is 0.543 e. The molecule has 3 amide bonds. The largest absolute Gasteiger partial charge is 1.00 e. The first kappa shape index (κ1) is 24.6. The third kappa shape index (κ3) is 4.07. The quantitative estimate of drug-likeness (QED) is 0.271. The molecule has 10 nitrogen and oxygen atoms in total. The zero-order valence-electron chi connectivity index (χ0n) is 16.3. The predicted octanol–water partition coefficient (Wildman–Crippen LogP) is -4.13. The number of β-lactam (4-membered cyclic amide) rings is 1. The second kappa shape index (κ2) is 9.20. The van der Waals surface area contributed by atoms with Crippen LogP contribution in [-0.4, -0.2) is 50.8 Å². The van der Waals surface area contributed by atoms with E-state index in [9.17, 15) is 29.4 Å². The number of thiazole rings is 1. The Hall–Kier alpha value is -1.70. The Balaban J connectivity index is 0.00000320. The Labute approximate surface area is 201 Å². The van der Waals surface area contributed by atoms with Crippen LogP contribution >= 0.6 is 23.1 Å². The standard InChI is InChI=1S/C17H18N4O6S2.Na/c1-5-10-8(6(2)22)16(25)21(10)11(17(26)27)12(5)28-4-3-7-20-9(14(18)23)13(29-7)15(19)24;/h3-6,8,10,22H,1-2H3,(H2,18,23)(H2,19,24)(H,26,27);/q;+1/p-1/b4-3-;/t5-,6-,8-,10-;/m1./s1. The van der Waals surface area contributed by atoms with Crippen LogP contribution in [-0.2, 0) is 9.59 Å². The Morgan fingerprint density at radius 2 is 1.97 bits per heavy atom. The first-order chi connectivity index (χ1) is 13.6. The van der Waals surface area contributed by atoms with Crippen LogP contribution in [0.15, 0.2) is 16.0 Å². The zero-order chi connectivity index (χ0) is 21.6. The first-order valence-electron chi connectivity index (χ1n) is 8.46. The molecule has 0 aliphatic carbocycles. The number of rotatable bonds is 7. The van der Waals surface area contributed by atoms with Crippen molar-refractivity contribution in [3.63, 3.8) is 0 Å². The van der Waals surface area contributed by atoms with Gasteiger partial charge >= 0.3 is 29.6 Å². The van der Waals surface area contributed by atoms with E-state index in [1.54, 1.807) is 6.92 Å². The summed E-state index contributed by atoms with van der Waals surface area (Å²) in [5.41, 5.74) is 9.95. The van der Waals surface area contributed by atoms with Gasteiger partial charge in [-0.25, -0.2) is 4.98 Å². The molecule has 1 fully saturated rings. The van der Waals surface area contributed by atoms with E-state index in [-0.39, 0.29) is 56.8 Å². The second-order valence-corrected chi connectivity index (χ2v) is 8.61. The Morgan fingerprint density at radius 3 is 2.43 bits per heavy atom. The van der Waals surface area contributed by atoms with Crippen LogP contribution in [0.3, 0.4) is 0 Å². The molecule has 0 bridgehead atoms. The summed E-state index contributed by atoms with van der Waals surface area (Å²) >= 11 is 1.93. The number of hydrogen-bond acceptors (Lipinski definition) is 9. The monoisotopic (exact) mass is 460 g/mol. The average Bonchev–Trinajstić information content (AvgIpc) is 3.14. The molecule has 154 valence electrons. The number of carbonyl (C=O) groups is 4. The fourth-order valence-electron chi connectivity index (χ4n) is 3.58. The first-order valence-corrected chi connectivity index (χ1v) is 10.2. The maximum absolute atomic E-state index is 12.3. The van der Waals surface area contributed by atoms with E-state index in [2.05, 4.69) is 4.98 Å². The van der Waals surface area contributed by atoms with E-state index < -0.39 is 41.8 Å². The summed E-state index contributed by atoms with van der Waals surface area (Å²) in [6, 6.07) is -0.450. The van der Waals surface area contributed by atoms with Gasteiger partial charge in [0.05, 0.1) is 29.7 Å². The SMILES string of the molecule is C[C@@H](O)[C@H]1C(=O)N2C(C(=O)[O-])=C(S/C=C\c3nc(C(N)=O)c(C(N)=O)s3)[C@H](C)[C@H]12.[Na+]. The van der Waals surface area contributed by atoms with Crippen LogP contribution in [0.5, 0.6) is 0 Å². The van der Waals surface area contributed by atoms with Crippen molar-refractivity contribution in [1.82, 2.24) is 9.88 Å². The van der Waals surface area contributed by atoms with Crippen molar-refractivity contribution in [2.45, 2.75) is 26.0 Å². The molecule has 0 radical (unpaired) electrons. The maximum Gasteiger partial charge on any atom is 1.00 e. The summed E-state index contributed by atoms with van der Waals surface area (Å²) in [7, 11) is 0. The van der Waals surface area contributed by atoms with Crippen LogP contribution in [0.4, 0.5) is 0 Å². The molecule has 3 rings (SSSR count). The second-order valence-electron chi connectivity index (χ2n) is 6.63. The third-order valence-electron chi connectivity index (χ3n) is 4.81.